The number of carbonyl (C=O) groups is 1. The summed E-state index contributed by atoms with van der Waals surface area (Å²) in [7, 11) is -15.8. The number of nitrogens with zero attached hydrogens (tertiary/aromatic N) is 2. The number of rotatable bonds is 14. The van der Waals surface area contributed by atoms with Crippen molar-refractivity contribution in [3.63, 3.8) is 0 Å². The summed E-state index contributed by atoms with van der Waals surface area (Å²) in [5.74, 6) is -36.4. The Bertz CT molecular complexity index is 1180. The quantitative estimate of drug-likeness (QED) is 0.192. The lowest BCUT2D eigenvalue weighted by Gasteiger charge is -2.36. The van der Waals surface area contributed by atoms with Crippen LogP contribution >= 0.6 is 0 Å². The van der Waals surface area contributed by atoms with E-state index in [0.717, 1.165) is 6.92 Å². The Morgan fingerprint density at radius 3 is 1.02 bits per heavy atom. The van der Waals surface area contributed by atoms with E-state index in [9.17, 15) is 101 Å². The fraction of sp³-hybridized carbons (Fsp3) is 0.938. The van der Waals surface area contributed by atoms with Crippen LogP contribution < -0.4 is 0 Å². The van der Waals surface area contributed by atoms with Crippen molar-refractivity contribution in [2.45, 2.75) is 53.5 Å². The first-order chi connectivity index (χ1) is 18.9. The van der Waals surface area contributed by atoms with Crippen LogP contribution in [-0.4, -0.2) is 112 Å². The molecule has 0 N–H and O–H groups in total. The zero-order chi connectivity index (χ0) is 36.1. The van der Waals surface area contributed by atoms with Gasteiger partial charge in [-0.25, -0.2) is 16.8 Å². The third kappa shape index (κ3) is 6.48. The average Bonchev–Trinajstić information content (AvgIpc) is 2.81. The number of carbonyl (C=O) groups excluding carboxylic acids is 1. The lowest BCUT2D eigenvalue weighted by Crippen LogP contribution is -2.65. The molecule has 0 bridgehead atoms. The van der Waals surface area contributed by atoms with E-state index in [1.165, 1.54) is 0 Å². The molecule has 0 aromatic heterocycles. The van der Waals surface area contributed by atoms with Gasteiger partial charge in [0.15, 0.2) is 0 Å². The highest BCUT2D eigenvalue weighted by atomic mass is 32.2. The van der Waals surface area contributed by atoms with Crippen molar-refractivity contribution in [3.05, 3.63) is 0 Å². The number of alkyl halides is 18. The normalized spacial score (nSPS) is 15.8. The van der Waals surface area contributed by atoms with Gasteiger partial charge in [-0.05, 0) is 6.92 Å². The van der Waals surface area contributed by atoms with Crippen molar-refractivity contribution in [2.75, 3.05) is 33.8 Å². The van der Waals surface area contributed by atoms with Gasteiger partial charge in [0.1, 0.15) is 0 Å². The predicted molar refractivity (Wildman–Crippen MR) is 105 cm³/mol. The first-order valence-corrected chi connectivity index (χ1v) is 13.3. The third-order valence-corrected chi connectivity index (χ3v) is 9.02. The molecule has 28 heteroatoms. The Morgan fingerprint density at radius 2 is 0.818 bits per heavy atom. The first kappa shape index (κ1) is 42.0. The number of halogens is 18. The maximum atomic E-state index is 14.1. The van der Waals surface area contributed by atoms with Crippen molar-refractivity contribution < 1.29 is 105 Å². The van der Waals surface area contributed by atoms with Crippen LogP contribution in [0.4, 0.5) is 79.0 Å². The van der Waals surface area contributed by atoms with E-state index in [0.29, 0.717) is 0 Å². The minimum absolute atomic E-state index is 0.363. The molecule has 0 aromatic rings. The Labute approximate surface area is 234 Å². The third-order valence-electron chi connectivity index (χ3n) is 5.28. The van der Waals surface area contributed by atoms with Gasteiger partial charge < -0.3 is 4.74 Å². The van der Waals surface area contributed by atoms with Crippen molar-refractivity contribution in [2.24, 2.45) is 5.92 Å². The topological polar surface area (TPSA) is 101 Å². The number of sulfonamides is 2. The zero-order valence-electron chi connectivity index (χ0n) is 21.2. The molecule has 264 valence electrons. The van der Waals surface area contributed by atoms with Crippen LogP contribution in [0.25, 0.3) is 0 Å². The van der Waals surface area contributed by atoms with Crippen LogP contribution in [-0.2, 0) is 29.6 Å². The second-order valence-corrected chi connectivity index (χ2v) is 12.5. The molecule has 0 fully saturated rings. The molecule has 0 unspecified atom stereocenters. The molecule has 0 heterocycles. The molecule has 8 nitrogen and oxygen atoms in total. The highest BCUT2D eigenvalue weighted by molar-refractivity contribution is 7.90. The molecule has 0 aliphatic heterocycles. The van der Waals surface area contributed by atoms with Crippen molar-refractivity contribution in [1.82, 2.24) is 8.61 Å². The predicted octanol–water partition coefficient (Wildman–Crippen LogP) is 4.54. The van der Waals surface area contributed by atoms with E-state index in [1.807, 2.05) is 0 Å². The van der Waals surface area contributed by atoms with Gasteiger partial charge >= 0.3 is 52.5 Å². The average molecular weight is 738 g/mol. The highest BCUT2D eigenvalue weighted by Gasteiger charge is 2.87. The van der Waals surface area contributed by atoms with E-state index in [-0.39, 0.29) is 14.1 Å². The first-order valence-electron chi connectivity index (χ1n) is 10.4. The molecule has 0 aliphatic rings. The molecule has 0 spiro atoms. The maximum absolute atomic E-state index is 14.1. The fourth-order valence-corrected chi connectivity index (χ4v) is 5.16. The Hall–Kier alpha value is -1.97. The summed E-state index contributed by atoms with van der Waals surface area (Å²) in [6.07, 6.45) is -15.0. The van der Waals surface area contributed by atoms with Gasteiger partial charge in [-0.3, -0.25) is 4.79 Å². The van der Waals surface area contributed by atoms with Gasteiger partial charge in [-0.15, -0.1) is 0 Å². The molecule has 0 radical (unpaired) electrons. The van der Waals surface area contributed by atoms with Gasteiger partial charge in [0.05, 0.1) is 12.5 Å². The van der Waals surface area contributed by atoms with Crippen LogP contribution in [0, 0.1) is 5.92 Å². The Balaban J connectivity index is 6.74. The Morgan fingerprint density at radius 1 is 0.568 bits per heavy atom. The summed E-state index contributed by atoms with van der Waals surface area (Å²) < 4.78 is 287. The van der Waals surface area contributed by atoms with Crippen LogP contribution in [0.3, 0.4) is 0 Å². The molecule has 0 rings (SSSR count). The monoisotopic (exact) mass is 738 g/mol. The molecule has 0 amide bonds. The largest absolute Gasteiger partial charge is 0.466 e. The minimum Gasteiger partial charge on any atom is -0.466 e. The van der Waals surface area contributed by atoms with Gasteiger partial charge in [0, 0.05) is 27.2 Å². The van der Waals surface area contributed by atoms with Gasteiger partial charge in [0.25, 0.3) is 20.0 Å². The second-order valence-electron chi connectivity index (χ2n) is 8.35. The number of ether oxygens (including phenoxy) is 1. The molecule has 0 saturated carbocycles. The molecular weight excluding hydrogens is 722 g/mol. The lowest BCUT2D eigenvalue weighted by atomic mass is 10.1. The summed E-state index contributed by atoms with van der Waals surface area (Å²) in [5, 5.41) is -14.9. The van der Waals surface area contributed by atoms with Crippen LogP contribution in [0.2, 0.25) is 0 Å². The van der Waals surface area contributed by atoms with Crippen molar-refractivity contribution in [3.8, 4) is 0 Å². The van der Waals surface area contributed by atoms with Gasteiger partial charge in [0.2, 0.25) is 0 Å². The molecule has 0 aliphatic carbocycles. The molecule has 44 heavy (non-hydrogen) atoms. The summed E-state index contributed by atoms with van der Waals surface area (Å²) in [5.41, 5.74) is 0. The van der Waals surface area contributed by atoms with Gasteiger partial charge in [-0.1, -0.05) is 0 Å². The molecule has 0 aromatic carbocycles. The molecule has 0 atom stereocenters. The second kappa shape index (κ2) is 12.0. The summed E-state index contributed by atoms with van der Waals surface area (Å²) >= 11 is 0. The van der Waals surface area contributed by atoms with E-state index < -0.39 is 107 Å². The summed E-state index contributed by atoms with van der Waals surface area (Å²) in [4.78, 5) is 12.1. The van der Waals surface area contributed by atoms with E-state index >= 15 is 0 Å². The van der Waals surface area contributed by atoms with Crippen LogP contribution in [0.5, 0.6) is 0 Å². The number of hydrogen-bond donors (Lipinski definition) is 0. The van der Waals surface area contributed by atoms with Crippen molar-refractivity contribution >= 4 is 26.0 Å². The Kier molecular flexibility index (Phi) is 11.5. The fourth-order valence-electron chi connectivity index (χ4n) is 2.72. The summed E-state index contributed by atoms with van der Waals surface area (Å²) in [6.45, 7) is -4.66. The minimum atomic E-state index is -7.83. The smallest absolute Gasteiger partial charge is 0.460 e. The summed E-state index contributed by atoms with van der Waals surface area (Å²) in [6, 6.07) is 0. The lowest BCUT2D eigenvalue weighted by molar-refractivity contribution is -0.382. The van der Waals surface area contributed by atoms with Crippen molar-refractivity contribution in [1.29, 1.82) is 0 Å². The highest BCUT2D eigenvalue weighted by Crippen LogP contribution is 2.56. The number of hydrogen-bond acceptors (Lipinski definition) is 6. The van der Waals surface area contributed by atoms with Crippen LogP contribution in [0.15, 0.2) is 0 Å². The SMILES string of the molecule is CCOC(=O)C(CN(C)S(=O)(=O)C(F)(F)C(F)(F)C(F)(F)C(F)(F)F)CN(C)S(=O)(=O)C(F)(F)C(F)(F)C(F)(F)C(F)(F)F. The van der Waals surface area contributed by atoms with E-state index in [1.54, 1.807) is 0 Å². The van der Waals surface area contributed by atoms with E-state index in [4.69, 9.17) is 0 Å². The molecular formula is C16H16F18N2O6S2. The van der Waals surface area contributed by atoms with Crippen LogP contribution in [0.1, 0.15) is 6.92 Å². The maximum Gasteiger partial charge on any atom is 0.460 e. The van der Waals surface area contributed by atoms with Gasteiger partial charge in [-0.2, -0.15) is 87.6 Å². The van der Waals surface area contributed by atoms with E-state index in [2.05, 4.69) is 4.74 Å². The molecule has 0 saturated heterocycles. The standard InChI is InChI=1S/C16H16F18N2O6S2/c1-4-42-8(37)7(5-35(2)43(38,39)15(31,32)11(21,22)9(17,18)13(25,26)27)6-36(3)44(40,41)16(33,34)12(23,24)10(19,20)14(28,29)30/h7H,4-6H2,1-3H3. The zero-order valence-corrected chi connectivity index (χ0v) is 22.8. The number of esters is 1.